The van der Waals surface area contributed by atoms with Crippen molar-refractivity contribution in [3.63, 3.8) is 0 Å². The van der Waals surface area contributed by atoms with E-state index in [0.29, 0.717) is 5.92 Å². The van der Waals surface area contributed by atoms with Gasteiger partial charge in [0, 0.05) is 31.1 Å². The van der Waals surface area contributed by atoms with Gasteiger partial charge in [0.15, 0.2) is 0 Å². The number of rotatable bonds is 7. The zero-order valence-corrected chi connectivity index (χ0v) is 24.5. The van der Waals surface area contributed by atoms with Gasteiger partial charge < -0.3 is 0 Å². The SMILES string of the molecule is C=C(/C=C\c1cccnc1C)/C(=C\C=NC)c1cccc(-c2ccc(-c3ccc4c5c3C=CC5c3ccccc3-4)cc2)c1. The molecule has 206 valence electrons. The quantitative estimate of drug-likeness (QED) is 0.146. The Hall–Kier alpha value is -5.34. The number of hydrogen-bond acceptors (Lipinski definition) is 2. The topological polar surface area (TPSA) is 25.2 Å². The molecular formula is C41H32N2. The third kappa shape index (κ3) is 4.81. The fraction of sp³-hybridized carbons (Fsp3) is 0.0732. The molecule has 0 fully saturated rings. The molecule has 2 aliphatic carbocycles. The molecule has 0 saturated heterocycles. The van der Waals surface area contributed by atoms with Crippen LogP contribution in [0.25, 0.3) is 51.1 Å². The van der Waals surface area contributed by atoms with E-state index < -0.39 is 0 Å². The lowest BCUT2D eigenvalue weighted by atomic mass is 9.91. The van der Waals surface area contributed by atoms with Crippen LogP contribution in [0, 0.1) is 6.92 Å². The van der Waals surface area contributed by atoms with Crippen molar-refractivity contribution in [1.29, 1.82) is 0 Å². The minimum Gasteiger partial charge on any atom is -0.296 e. The second-order valence-electron chi connectivity index (χ2n) is 11.1. The summed E-state index contributed by atoms with van der Waals surface area (Å²) in [6, 6.07) is 35.0. The summed E-state index contributed by atoms with van der Waals surface area (Å²) in [6.07, 6.45) is 14.5. The van der Waals surface area contributed by atoms with Crippen LogP contribution in [0.5, 0.6) is 0 Å². The van der Waals surface area contributed by atoms with E-state index in [1.165, 1.54) is 44.5 Å². The maximum Gasteiger partial charge on any atom is 0.0444 e. The number of hydrogen-bond donors (Lipinski definition) is 0. The molecule has 0 amide bonds. The second kappa shape index (κ2) is 11.2. The number of aliphatic imine (C=N–C) groups is 1. The van der Waals surface area contributed by atoms with Crippen LogP contribution < -0.4 is 0 Å². The van der Waals surface area contributed by atoms with Crippen molar-refractivity contribution in [3.8, 4) is 33.4 Å². The highest BCUT2D eigenvalue weighted by atomic mass is 14.7. The molecule has 1 aromatic heterocycles. The molecule has 0 N–H and O–H groups in total. The number of pyridine rings is 1. The minimum absolute atomic E-state index is 0.376. The highest BCUT2D eigenvalue weighted by Gasteiger charge is 2.32. The normalized spacial score (nSPS) is 14.9. The molecule has 0 saturated carbocycles. The molecule has 0 spiro atoms. The molecule has 2 heteroatoms. The Morgan fingerprint density at radius 3 is 2.47 bits per heavy atom. The van der Waals surface area contributed by atoms with Crippen LogP contribution >= 0.6 is 0 Å². The monoisotopic (exact) mass is 552 g/mol. The lowest BCUT2D eigenvalue weighted by Gasteiger charge is -2.13. The van der Waals surface area contributed by atoms with E-state index in [4.69, 9.17) is 0 Å². The average molecular weight is 553 g/mol. The van der Waals surface area contributed by atoms with E-state index in [0.717, 1.165) is 33.5 Å². The average Bonchev–Trinajstić information content (AvgIpc) is 3.63. The second-order valence-corrected chi connectivity index (χ2v) is 11.1. The fourth-order valence-corrected chi connectivity index (χ4v) is 6.40. The van der Waals surface area contributed by atoms with Crippen molar-refractivity contribution in [2.75, 3.05) is 7.05 Å². The van der Waals surface area contributed by atoms with Crippen LogP contribution in [0.3, 0.4) is 0 Å². The van der Waals surface area contributed by atoms with Crippen molar-refractivity contribution in [2.24, 2.45) is 4.99 Å². The zero-order chi connectivity index (χ0) is 29.3. The van der Waals surface area contributed by atoms with Gasteiger partial charge in [-0.1, -0.05) is 116 Å². The summed E-state index contributed by atoms with van der Waals surface area (Å²) < 4.78 is 0. The maximum atomic E-state index is 4.40. The van der Waals surface area contributed by atoms with Crippen LogP contribution in [0.1, 0.15) is 39.4 Å². The first-order chi connectivity index (χ1) is 21.1. The number of fused-ring (bicyclic) bond motifs is 3. The third-order valence-electron chi connectivity index (χ3n) is 8.59. The molecule has 2 aliphatic rings. The van der Waals surface area contributed by atoms with Crippen molar-refractivity contribution in [3.05, 3.63) is 167 Å². The standard InChI is InChI=1S/C41H32N2/c1-27(13-14-29-10-7-24-43-28(29)2)34(23-25-42-3)33-9-6-8-32(26-33)30-15-17-31(18-16-30)35-19-20-39-36-11-4-5-12-37(36)40-22-21-38(35)41(39)40/h4-26,40H,1H2,2-3H3/b14-13-,34-23+,42-25?. The number of benzene rings is 4. The van der Waals surface area contributed by atoms with E-state index in [1.807, 2.05) is 31.5 Å². The van der Waals surface area contributed by atoms with Gasteiger partial charge in [0.2, 0.25) is 0 Å². The van der Waals surface area contributed by atoms with Crippen molar-refractivity contribution < 1.29 is 0 Å². The van der Waals surface area contributed by atoms with E-state index in [9.17, 15) is 0 Å². The van der Waals surface area contributed by atoms with E-state index in [1.54, 1.807) is 7.05 Å². The molecule has 5 aromatic rings. The van der Waals surface area contributed by atoms with Gasteiger partial charge in [0.1, 0.15) is 0 Å². The molecule has 1 heterocycles. The van der Waals surface area contributed by atoms with E-state index in [-0.39, 0.29) is 0 Å². The summed E-state index contributed by atoms with van der Waals surface area (Å²) in [7, 11) is 1.78. The first-order valence-corrected chi connectivity index (χ1v) is 14.7. The Morgan fingerprint density at radius 2 is 1.63 bits per heavy atom. The molecule has 1 atom stereocenters. The number of aryl methyl sites for hydroxylation is 1. The van der Waals surface area contributed by atoms with Crippen molar-refractivity contribution >= 4 is 23.9 Å². The van der Waals surface area contributed by atoms with Gasteiger partial charge >= 0.3 is 0 Å². The Balaban J connectivity index is 1.18. The van der Waals surface area contributed by atoms with Crippen molar-refractivity contribution in [1.82, 2.24) is 4.98 Å². The summed E-state index contributed by atoms with van der Waals surface area (Å²) in [6.45, 7) is 6.41. The first-order valence-electron chi connectivity index (χ1n) is 14.7. The van der Waals surface area contributed by atoms with Gasteiger partial charge in [-0.05, 0) is 97.5 Å². The van der Waals surface area contributed by atoms with Crippen LogP contribution in [-0.2, 0) is 0 Å². The smallest absolute Gasteiger partial charge is 0.0444 e. The Kier molecular flexibility index (Phi) is 6.89. The van der Waals surface area contributed by atoms with E-state index in [2.05, 4.69) is 132 Å². The molecular weight excluding hydrogens is 520 g/mol. The lowest BCUT2D eigenvalue weighted by molar-refractivity contribution is 1.10. The summed E-state index contributed by atoms with van der Waals surface area (Å²) in [5.41, 5.74) is 17.0. The van der Waals surface area contributed by atoms with Gasteiger partial charge in [0.05, 0.1) is 0 Å². The Bertz CT molecular complexity index is 2000. The van der Waals surface area contributed by atoms with Crippen LogP contribution in [0.2, 0.25) is 0 Å². The first kappa shape index (κ1) is 26.6. The molecule has 7 rings (SSSR count). The fourth-order valence-electron chi connectivity index (χ4n) is 6.40. The number of allylic oxidation sites excluding steroid dienone is 5. The van der Waals surface area contributed by atoms with Crippen LogP contribution in [-0.4, -0.2) is 18.2 Å². The van der Waals surface area contributed by atoms with Gasteiger partial charge in [0.25, 0.3) is 0 Å². The zero-order valence-electron chi connectivity index (χ0n) is 24.5. The van der Waals surface area contributed by atoms with Crippen LogP contribution in [0.4, 0.5) is 0 Å². The van der Waals surface area contributed by atoms with Gasteiger partial charge in [-0.2, -0.15) is 0 Å². The maximum absolute atomic E-state index is 4.40. The predicted molar refractivity (Wildman–Crippen MR) is 183 cm³/mol. The number of nitrogens with zero attached hydrogens (tertiary/aromatic N) is 2. The molecule has 0 radical (unpaired) electrons. The predicted octanol–water partition coefficient (Wildman–Crippen LogP) is 10.2. The highest BCUT2D eigenvalue weighted by molar-refractivity contribution is 5.95. The van der Waals surface area contributed by atoms with E-state index >= 15 is 0 Å². The number of aromatic nitrogens is 1. The summed E-state index contributed by atoms with van der Waals surface area (Å²) >= 11 is 0. The van der Waals surface area contributed by atoms with Crippen LogP contribution in [0.15, 0.2) is 139 Å². The summed E-state index contributed by atoms with van der Waals surface area (Å²) in [5.74, 6) is 0.376. The largest absolute Gasteiger partial charge is 0.296 e. The lowest BCUT2D eigenvalue weighted by Crippen LogP contribution is -1.92. The molecule has 1 unspecified atom stereocenters. The summed E-state index contributed by atoms with van der Waals surface area (Å²) in [4.78, 5) is 8.60. The summed E-state index contributed by atoms with van der Waals surface area (Å²) in [5, 5.41) is 0. The van der Waals surface area contributed by atoms with Gasteiger partial charge in [-0.3, -0.25) is 9.98 Å². The van der Waals surface area contributed by atoms with Crippen molar-refractivity contribution in [2.45, 2.75) is 12.8 Å². The highest BCUT2D eigenvalue weighted by Crippen LogP contribution is 2.52. The third-order valence-corrected chi connectivity index (χ3v) is 8.59. The van der Waals surface area contributed by atoms with Gasteiger partial charge in [-0.15, -0.1) is 0 Å². The molecule has 0 bridgehead atoms. The Morgan fingerprint density at radius 1 is 0.814 bits per heavy atom. The molecule has 43 heavy (non-hydrogen) atoms. The minimum atomic E-state index is 0.376. The molecule has 4 aromatic carbocycles. The molecule has 0 aliphatic heterocycles. The van der Waals surface area contributed by atoms with Gasteiger partial charge in [-0.25, -0.2) is 0 Å². The Labute approximate surface area is 253 Å². The molecule has 2 nitrogen and oxygen atoms in total.